The van der Waals surface area contributed by atoms with Crippen LogP contribution in [0.5, 0.6) is 0 Å². The van der Waals surface area contributed by atoms with Crippen LogP contribution in [0.2, 0.25) is 0 Å². The molecule has 0 radical (unpaired) electrons. The first-order chi connectivity index (χ1) is 68.5. The molecule has 0 aliphatic rings. The molecule has 0 amide bonds. The van der Waals surface area contributed by atoms with E-state index >= 15 is 0 Å². The summed E-state index contributed by atoms with van der Waals surface area (Å²) in [7, 11) is 0. The second kappa shape index (κ2) is 31.0. The van der Waals surface area contributed by atoms with E-state index in [1.807, 2.05) is 135 Å². The lowest BCUT2D eigenvalue weighted by Gasteiger charge is -2.13. The summed E-state index contributed by atoms with van der Waals surface area (Å²) in [5.74, 6) is 4.45. The third kappa shape index (κ3) is 12.1. The zero-order chi connectivity index (χ0) is 90.6. The van der Waals surface area contributed by atoms with Crippen LogP contribution in [-0.4, -0.2) is 117 Å². The van der Waals surface area contributed by atoms with Crippen molar-refractivity contribution in [3.8, 4) is 69.9 Å². The number of hydrogen-bond acceptors (Lipinski definition) is 18. The van der Waals surface area contributed by atoms with Gasteiger partial charge in [0.05, 0.1) is 49.7 Å². The van der Waals surface area contributed by atoms with E-state index in [4.69, 9.17) is 84.7 Å². The molecule has 138 heavy (non-hydrogen) atoms. The maximum Gasteiger partial charge on any atom is 0.242 e. The predicted octanol–water partition coefficient (Wildman–Crippen LogP) is 24.7. The van der Waals surface area contributed by atoms with Crippen molar-refractivity contribution in [1.82, 2.24) is 117 Å². The number of fused-ring (bicyclic) bond motifs is 27. The molecule has 0 saturated carbocycles. The Morgan fingerprint density at radius 1 is 0.152 bits per heavy atom. The van der Waals surface area contributed by atoms with Crippen LogP contribution in [0.15, 0.2) is 402 Å². The molecular weight excluding hydrogens is 1710 g/mol. The van der Waals surface area contributed by atoms with Crippen molar-refractivity contribution in [2.75, 3.05) is 0 Å². The predicted molar refractivity (Wildman–Crippen MR) is 547 cm³/mol. The Labute approximate surface area is 780 Å². The highest BCUT2D eigenvalue weighted by Gasteiger charge is 2.29. The SMILES string of the molecule is c1cnc2c(c1)ccc1cc(-c3nc(-n4c5ccccc5c5ccccc54)nc(-n4c5ncccc5c5cccnc54)n3)ccc12.c1cnc2c(c1)ccc1cccc(-c3nc(-n4c5ccccc5c5ccccc54)nc(-n4c5ncccc5c5cccnc54)n3)c12.c1cnc2c(c1)ccc1cccc(-c3nc(-n4c5ccccc5c5ccccc54)nc(-n4c5ncccc5c5cccnc54)n3)c12. The monoisotopic (exact) mass is 1770 g/mol. The summed E-state index contributed by atoms with van der Waals surface area (Å²) < 4.78 is 12.2. The molecule has 24 nitrogen and oxygen atoms in total. The number of pyridine rings is 9. The molecule has 0 atom stereocenters. The summed E-state index contributed by atoms with van der Waals surface area (Å²) in [6.07, 6.45) is 16.2. The zero-order valence-corrected chi connectivity index (χ0v) is 72.8. The Morgan fingerprint density at radius 3 is 0.725 bits per heavy atom. The molecule has 0 N–H and O–H groups in total. The van der Waals surface area contributed by atoms with Crippen molar-refractivity contribution in [2.24, 2.45) is 0 Å². The van der Waals surface area contributed by atoms with Crippen LogP contribution >= 0.6 is 0 Å². The molecule has 30 rings (SSSR count). The van der Waals surface area contributed by atoms with Gasteiger partial charge < -0.3 is 0 Å². The molecule has 30 aromatic rings. The van der Waals surface area contributed by atoms with Crippen LogP contribution in [0, 0.1) is 0 Å². The van der Waals surface area contributed by atoms with E-state index in [2.05, 4.69) is 261 Å². The van der Waals surface area contributed by atoms with Crippen molar-refractivity contribution in [3.05, 3.63) is 402 Å². The van der Waals surface area contributed by atoms with E-state index in [1.54, 1.807) is 37.2 Å². The van der Waals surface area contributed by atoms with Crippen LogP contribution < -0.4 is 0 Å². The fourth-order valence-corrected chi connectivity index (χ4v) is 20.2. The molecule has 0 fully saturated rings. The van der Waals surface area contributed by atoms with E-state index in [9.17, 15) is 0 Å². The molecule has 12 aromatic carbocycles. The van der Waals surface area contributed by atoms with Gasteiger partial charge in [0, 0.05) is 169 Å². The minimum Gasteiger partial charge on any atom is -0.278 e. The average molecular weight is 1770 g/mol. The maximum absolute atomic E-state index is 5.23. The van der Waals surface area contributed by atoms with E-state index in [0.717, 1.165) is 213 Å². The lowest BCUT2D eigenvalue weighted by molar-refractivity contribution is 0.883. The highest BCUT2D eigenvalue weighted by Crippen LogP contribution is 2.43. The van der Waals surface area contributed by atoms with E-state index < -0.39 is 0 Å². The topological polar surface area (TPSA) is 262 Å². The van der Waals surface area contributed by atoms with Crippen LogP contribution in [-0.2, 0) is 0 Å². The molecular formula is C114H66N24. The van der Waals surface area contributed by atoms with Gasteiger partial charge >= 0.3 is 0 Å². The molecule has 0 aliphatic carbocycles. The normalized spacial score (nSPS) is 11.9. The Morgan fingerprint density at radius 2 is 0.399 bits per heavy atom. The first-order valence-corrected chi connectivity index (χ1v) is 45.2. The lowest BCUT2D eigenvalue weighted by atomic mass is 10.0. The van der Waals surface area contributed by atoms with Crippen molar-refractivity contribution >= 4 is 197 Å². The van der Waals surface area contributed by atoms with Gasteiger partial charge in [-0.3, -0.25) is 28.7 Å². The van der Waals surface area contributed by atoms with Gasteiger partial charge in [-0.25, -0.2) is 43.6 Å². The third-order valence-electron chi connectivity index (χ3n) is 26.2. The van der Waals surface area contributed by atoms with Crippen LogP contribution in [0.1, 0.15) is 0 Å². The van der Waals surface area contributed by atoms with Gasteiger partial charge in [-0.1, -0.05) is 212 Å². The van der Waals surface area contributed by atoms with Crippen LogP contribution in [0.25, 0.3) is 266 Å². The number of benzene rings is 12. The van der Waals surface area contributed by atoms with Crippen LogP contribution in [0.4, 0.5) is 0 Å². The summed E-state index contributed by atoms with van der Waals surface area (Å²) >= 11 is 0. The van der Waals surface area contributed by atoms with E-state index in [0.29, 0.717) is 53.2 Å². The minimum absolute atomic E-state index is 0.435. The molecule has 0 saturated heterocycles. The van der Waals surface area contributed by atoms with Gasteiger partial charge in [-0.05, 0) is 150 Å². The quantitative estimate of drug-likeness (QED) is 0.122. The Bertz CT molecular complexity index is 9230. The number of para-hydroxylation sites is 6. The minimum atomic E-state index is 0.435. The molecule has 18 aromatic heterocycles. The highest BCUT2D eigenvalue weighted by molar-refractivity contribution is 6.17. The summed E-state index contributed by atoms with van der Waals surface area (Å²) in [6, 6.07) is 118. The number of rotatable bonds is 9. The summed E-state index contributed by atoms with van der Waals surface area (Å²) in [5.41, 5.74) is 15.8. The molecule has 0 bridgehead atoms. The number of aromatic nitrogens is 24. The van der Waals surface area contributed by atoms with Gasteiger partial charge in [-0.15, -0.1) is 0 Å². The van der Waals surface area contributed by atoms with Crippen molar-refractivity contribution in [2.45, 2.75) is 0 Å². The van der Waals surface area contributed by atoms with E-state index in [1.165, 1.54) is 0 Å². The molecule has 0 unspecified atom stereocenters. The second-order valence-corrected chi connectivity index (χ2v) is 33.8. The van der Waals surface area contributed by atoms with Gasteiger partial charge in [0.25, 0.3) is 0 Å². The van der Waals surface area contributed by atoms with Crippen molar-refractivity contribution < 1.29 is 0 Å². The lowest BCUT2D eigenvalue weighted by Crippen LogP contribution is -2.11. The third-order valence-corrected chi connectivity index (χ3v) is 26.2. The van der Waals surface area contributed by atoms with Crippen molar-refractivity contribution in [3.63, 3.8) is 0 Å². The molecule has 0 aliphatic heterocycles. The highest BCUT2D eigenvalue weighted by atomic mass is 15.3. The summed E-state index contributed by atoms with van der Waals surface area (Å²) in [6.45, 7) is 0. The van der Waals surface area contributed by atoms with E-state index in [-0.39, 0.29) is 0 Å². The molecule has 0 spiro atoms. The smallest absolute Gasteiger partial charge is 0.242 e. The Hall–Kier alpha value is -19.6. The van der Waals surface area contributed by atoms with Crippen molar-refractivity contribution in [1.29, 1.82) is 0 Å². The molecule has 18 heterocycles. The standard InChI is InChI=1S/3C38H22N8/c2*1-3-16-30-25(11-1)26-12-2-4-17-31(26)45(30)37-42-34(29-13-5-9-23-18-19-24-10-6-20-39-33(24)32(23)29)43-38(44-37)46-35-27(14-7-21-40-35)28-15-8-22-41-36(28)46;1-3-13-31-27(9-1)28-10-2-4-14-32(28)45(31)37-42-34(25-17-18-26-24(22-25)16-15-23-8-5-19-39-33(23)26)43-38(44-37)46-35-29(11-6-20-40-35)30-12-7-21-41-36(30)46/h3*1-22H. The van der Waals surface area contributed by atoms with Gasteiger partial charge in [-0.2, -0.15) is 44.9 Å². The van der Waals surface area contributed by atoms with Gasteiger partial charge in [0.2, 0.25) is 35.7 Å². The first kappa shape index (κ1) is 77.2. The fraction of sp³-hybridized carbons (Fsp3) is 0. The van der Waals surface area contributed by atoms with Crippen LogP contribution in [0.3, 0.4) is 0 Å². The number of hydrogen-bond donors (Lipinski definition) is 0. The van der Waals surface area contributed by atoms with Gasteiger partial charge in [0.1, 0.15) is 33.9 Å². The number of nitrogens with zero attached hydrogens (tertiary/aromatic N) is 24. The molecule has 24 heteroatoms. The average Bonchev–Trinajstić information content (AvgIpc) is 1.53. The fourth-order valence-electron chi connectivity index (χ4n) is 20.2. The van der Waals surface area contributed by atoms with Gasteiger partial charge in [0.15, 0.2) is 17.5 Å². The largest absolute Gasteiger partial charge is 0.278 e. The first-order valence-electron chi connectivity index (χ1n) is 45.2. The Balaban J connectivity index is 0.000000102. The maximum atomic E-state index is 5.23. The molecule has 642 valence electrons. The summed E-state index contributed by atoms with van der Waals surface area (Å²) in [4.78, 5) is 89.6. The zero-order valence-electron chi connectivity index (χ0n) is 72.8. The Kier molecular flexibility index (Phi) is 17.3. The summed E-state index contributed by atoms with van der Waals surface area (Å²) in [5, 5.41) is 22.1. The second-order valence-electron chi connectivity index (χ2n) is 33.8.